The van der Waals surface area contributed by atoms with Gasteiger partial charge in [-0.25, -0.2) is 9.97 Å². The van der Waals surface area contributed by atoms with Crippen LogP contribution in [0.5, 0.6) is 0 Å². The molecule has 3 rings (SSSR count). The predicted molar refractivity (Wildman–Crippen MR) is 85.9 cm³/mol. The summed E-state index contributed by atoms with van der Waals surface area (Å²) in [6, 6.07) is 7.99. The van der Waals surface area contributed by atoms with Crippen LogP contribution in [0.3, 0.4) is 0 Å². The monoisotopic (exact) mass is 319 g/mol. The fourth-order valence-electron chi connectivity index (χ4n) is 1.91. The summed E-state index contributed by atoms with van der Waals surface area (Å²) >= 11 is 7.30. The van der Waals surface area contributed by atoms with E-state index in [1.165, 1.54) is 11.3 Å². The molecule has 0 bridgehead atoms. The first-order valence-electron chi connectivity index (χ1n) is 6.50. The Morgan fingerprint density at radius 1 is 1.33 bits per heavy atom. The Balaban J connectivity index is 1.76. The molecule has 0 aliphatic heterocycles. The standard InChI is InChI=1S/C15H14ClN3OS/c1-9-10(2)20-14(19-9)11-4-3-5-12(6-11)17-7-13-8-18-15(16)21-13/h3-6,8,17H,7H2,1-2H3. The van der Waals surface area contributed by atoms with Crippen molar-refractivity contribution in [3.8, 4) is 11.5 Å². The van der Waals surface area contributed by atoms with Gasteiger partial charge in [-0.3, -0.25) is 0 Å². The molecule has 0 radical (unpaired) electrons. The fourth-order valence-corrected chi connectivity index (χ4v) is 2.83. The minimum atomic E-state index is 0.561. The van der Waals surface area contributed by atoms with Crippen LogP contribution in [0.15, 0.2) is 34.9 Å². The van der Waals surface area contributed by atoms with Crippen molar-refractivity contribution in [1.82, 2.24) is 9.97 Å². The number of anilines is 1. The first-order valence-corrected chi connectivity index (χ1v) is 7.70. The van der Waals surface area contributed by atoms with E-state index in [0.717, 1.165) is 27.6 Å². The molecule has 0 saturated heterocycles. The van der Waals surface area contributed by atoms with E-state index in [9.17, 15) is 0 Å². The van der Waals surface area contributed by atoms with E-state index in [4.69, 9.17) is 16.0 Å². The van der Waals surface area contributed by atoms with E-state index in [2.05, 4.69) is 15.3 Å². The average molecular weight is 320 g/mol. The van der Waals surface area contributed by atoms with Gasteiger partial charge in [-0.2, -0.15) is 0 Å². The number of aryl methyl sites for hydroxylation is 2. The van der Waals surface area contributed by atoms with Gasteiger partial charge >= 0.3 is 0 Å². The van der Waals surface area contributed by atoms with E-state index >= 15 is 0 Å². The summed E-state index contributed by atoms with van der Waals surface area (Å²) in [4.78, 5) is 9.54. The Morgan fingerprint density at radius 2 is 2.19 bits per heavy atom. The number of hydrogen-bond acceptors (Lipinski definition) is 5. The molecule has 4 nitrogen and oxygen atoms in total. The van der Waals surface area contributed by atoms with Crippen LogP contribution in [0.4, 0.5) is 5.69 Å². The number of nitrogens with one attached hydrogen (secondary N) is 1. The third-order valence-corrected chi connectivity index (χ3v) is 4.24. The van der Waals surface area contributed by atoms with E-state index in [1.54, 1.807) is 6.20 Å². The van der Waals surface area contributed by atoms with Gasteiger partial charge in [0, 0.05) is 22.3 Å². The van der Waals surface area contributed by atoms with Crippen LogP contribution < -0.4 is 5.32 Å². The molecule has 0 fully saturated rings. The van der Waals surface area contributed by atoms with E-state index < -0.39 is 0 Å². The van der Waals surface area contributed by atoms with Crippen molar-refractivity contribution >= 4 is 28.6 Å². The van der Waals surface area contributed by atoms with Gasteiger partial charge in [-0.05, 0) is 32.0 Å². The number of halogens is 1. The minimum absolute atomic E-state index is 0.561. The molecular formula is C15H14ClN3OS. The largest absolute Gasteiger partial charge is 0.441 e. The van der Waals surface area contributed by atoms with Crippen LogP contribution in [-0.4, -0.2) is 9.97 Å². The van der Waals surface area contributed by atoms with Gasteiger partial charge in [0.15, 0.2) is 4.47 Å². The first kappa shape index (κ1) is 14.1. The Labute approximate surface area is 131 Å². The number of benzene rings is 1. The molecular weight excluding hydrogens is 306 g/mol. The molecule has 6 heteroatoms. The SMILES string of the molecule is Cc1nc(-c2cccc(NCc3cnc(Cl)s3)c2)oc1C. The van der Waals surface area contributed by atoms with E-state index in [0.29, 0.717) is 16.9 Å². The molecule has 0 amide bonds. The maximum absolute atomic E-state index is 5.82. The highest BCUT2D eigenvalue weighted by atomic mass is 35.5. The quantitative estimate of drug-likeness (QED) is 0.758. The van der Waals surface area contributed by atoms with Crippen LogP contribution in [0.2, 0.25) is 4.47 Å². The van der Waals surface area contributed by atoms with Crippen LogP contribution in [-0.2, 0) is 6.54 Å². The Morgan fingerprint density at radius 3 is 2.86 bits per heavy atom. The molecule has 2 aromatic heterocycles. The lowest BCUT2D eigenvalue weighted by atomic mass is 10.2. The lowest BCUT2D eigenvalue weighted by Crippen LogP contribution is -1.97. The second-order valence-corrected chi connectivity index (χ2v) is 6.37. The zero-order valence-corrected chi connectivity index (χ0v) is 13.3. The van der Waals surface area contributed by atoms with Crippen molar-refractivity contribution in [1.29, 1.82) is 0 Å². The highest BCUT2D eigenvalue weighted by molar-refractivity contribution is 7.15. The second-order valence-electron chi connectivity index (χ2n) is 4.67. The van der Waals surface area contributed by atoms with Crippen LogP contribution >= 0.6 is 22.9 Å². The summed E-state index contributed by atoms with van der Waals surface area (Å²) in [7, 11) is 0. The number of nitrogens with zero attached hydrogens (tertiary/aromatic N) is 2. The third-order valence-electron chi connectivity index (χ3n) is 3.13. The summed E-state index contributed by atoms with van der Waals surface area (Å²) in [5.41, 5.74) is 2.88. The molecule has 108 valence electrons. The number of aromatic nitrogens is 2. The Kier molecular flexibility index (Phi) is 3.94. The molecule has 3 aromatic rings. The van der Waals surface area contributed by atoms with Gasteiger partial charge in [0.2, 0.25) is 5.89 Å². The molecule has 1 aromatic carbocycles. The van der Waals surface area contributed by atoms with Gasteiger partial charge in [0.25, 0.3) is 0 Å². The van der Waals surface area contributed by atoms with Crippen molar-refractivity contribution in [2.45, 2.75) is 20.4 Å². The highest BCUT2D eigenvalue weighted by Crippen LogP contribution is 2.25. The molecule has 21 heavy (non-hydrogen) atoms. The van der Waals surface area contributed by atoms with Crippen LogP contribution in [0, 0.1) is 13.8 Å². The predicted octanol–water partition coefficient (Wildman–Crippen LogP) is 4.68. The zero-order valence-electron chi connectivity index (χ0n) is 11.7. The summed E-state index contributed by atoms with van der Waals surface area (Å²) < 4.78 is 6.22. The van der Waals surface area contributed by atoms with E-state index in [-0.39, 0.29) is 0 Å². The third kappa shape index (κ3) is 3.25. The van der Waals surface area contributed by atoms with Crippen molar-refractivity contribution in [2.24, 2.45) is 0 Å². The normalized spacial score (nSPS) is 10.8. The maximum Gasteiger partial charge on any atom is 0.226 e. The summed E-state index contributed by atoms with van der Waals surface area (Å²) in [6.45, 7) is 4.55. The van der Waals surface area contributed by atoms with Gasteiger partial charge in [0.05, 0.1) is 12.2 Å². The Bertz CT molecular complexity index is 746. The molecule has 2 heterocycles. The van der Waals surface area contributed by atoms with Crippen LogP contribution in [0.25, 0.3) is 11.5 Å². The molecule has 0 atom stereocenters. The van der Waals surface area contributed by atoms with Crippen molar-refractivity contribution < 1.29 is 4.42 Å². The van der Waals surface area contributed by atoms with Gasteiger partial charge < -0.3 is 9.73 Å². The van der Waals surface area contributed by atoms with Crippen molar-refractivity contribution in [2.75, 3.05) is 5.32 Å². The maximum atomic E-state index is 5.82. The molecule has 0 unspecified atom stereocenters. The smallest absolute Gasteiger partial charge is 0.226 e. The van der Waals surface area contributed by atoms with Gasteiger partial charge in [-0.1, -0.05) is 17.7 Å². The first-order chi connectivity index (χ1) is 10.1. The average Bonchev–Trinajstić information content (AvgIpc) is 3.04. The van der Waals surface area contributed by atoms with Gasteiger partial charge in [0.1, 0.15) is 5.76 Å². The molecule has 0 aliphatic rings. The second kappa shape index (κ2) is 5.87. The fraction of sp³-hybridized carbons (Fsp3) is 0.200. The highest BCUT2D eigenvalue weighted by Gasteiger charge is 2.08. The topological polar surface area (TPSA) is 51.0 Å². The zero-order chi connectivity index (χ0) is 14.8. The molecule has 0 aliphatic carbocycles. The van der Waals surface area contributed by atoms with E-state index in [1.807, 2.05) is 38.1 Å². The summed E-state index contributed by atoms with van der Waals surface area (Å²) in [5, 5.41) is 3.35. The molecule has 0 saturated carbocycles. The van der Waals surface area contributed by atoms with Crippen LogP contribution in [0.1, 0.15) is 16.3 Å². The lowest BCUT2D eigenvalue weighted by molar-refractivity contribution is 0.541. The Hall–Kier alpha value is -1.85. The van der Waals surface area contributed by atoms with Crippen molar-refractivity contribution in [3.05, 3.63) is 51.3 Å². The lowest BCUT2D eigenvalue weighted by Gasteiger charge is -2.05. The summed E-state index contributed by atoms with van der Waals surface area (Å²) in [6.07, 6.45) is 1.78. The number of oxazole rings is 1. The van der Waals surface area contributed by atoms with Crippen molar-refractivity contribution in [3.63, 3.8) is 0 Å². The molecule has 0 spiro atoms. The number of rotatable bonds is 4. The molecule has 1 N–H and O–H groups in total. The number of hydrogen-bond donors (Lipinski definition) is 1. The van der Waals surface area contributed by atoms with Gasteiger partial charge in [-0.15, -0.1) is 11.3 Å². The minimum Gasteiger partial charge on any atom is -0.441 e. The summed E-state index contributed by atoms with van der Waals surface area (Å²) in [5.74, 6) is 1.50. The number of thiazole rings is 1.